The summed E-state index contributed by atoms with van der Waals surface area (Å²) in [6.45, 7) is 4.12. The van der Waals surface area contributed by atoms with E-state index >= 15 is 0 Å². The van der Waals surface area contributed by atoms with Crippen molar-refractivity contribution in [2.45, 2.75) is 13.8 Å². The molecule has 0 aliphatic carbocycles. The molecule has 0 atom stereocenters. The van der Waals surface area contributed by atoms with E-state index in [9.17, 15) is 4.79 Å². The van der Waals surface area contributed by atoms with E-state index < -0.39 is 0 Å². The normalized spacial score (nSPS) is 10.9. The Balaban J connectivity index is 1.86. The number of fused-ring (bicyclic) bond motifs is 1. The van der Waals surface area contributed by atoms with Crippen LogP contribution >= 0.6 is 15.9 Å². The Morgan fingerprint density at radius 3 is 2.44 bits per heavy atom. The summed E-state index contributed by atoms with van der Waals surface area (Å²) in [5, 5.41) is 3.06. The molecule has 0 unspecified atom stereocenters. The Bertz CT molecular complexity index is 1140. The van der Waals surface area contributed by atoms with E-state index in [-0.39, 0.29) is 5.91 Å². The summed E-state index contributed by atoms with van der Waals surface area (Å²) in [6.07, 6.45) is 1.91. The van der Waals surface area contributed by atoms with Crippen LogP contribution < -0.4 is 5.32 Å². The van der Waals surface area contributed by atoms with Crippen LogP contribution in [0.15, 0.2) is 71.3 Å². The largest absolute Gasteiger partial charge is 0.306 e. The predicted octanol–water partition coefficient (Wildman–Crippen LogP) is 5.63. The number of rotatable bonds is 3. The van der Waals surface area contributed by atoms with Gasteiger partial charge in [0.15, 0.2) is 0 Å². The number of amides is 1. The fourth-order valence-electron chi connectivity index (χ4n) is 3.25. The number of carbonyl (C=O) groups excluding carboxylic acids is 1. The molecule has 0 aliphatic rings. The summed E-state index contributed by atoms with van der Waals surface area (Å²) >= 11 is 3.45. The van der Waals surface area contributed by atoms with E-state index in [1.54, 1.807) is 6.07 Å². The Morgan fingerprint density at radius 1 is 1.00 bits per heavy atom. The van der Waals surface area contributed by atoms with Crippen LogP contribution in [0.25, 0.3) is 16.9 Å². The zero-order valence-corrected chi connectivity index (χ0v) is 16.6. The molecule has 27 heavy (non-hydrogen) atoms. The first-order valence-corrected chi connectivity index (χ1v) is 9.44. The van der Waals surface area contributed by atoms with Gasteiger partial charge in [-0.25, -0.2) is 4.98 Å². The SMILES string of the molecule is Cc1cc(C)cc(-c2nc3ccccn3c2NC(=O)c2ccccc2Br)c1. The smallest absolute Gasteiger partial charge is 0.257 e. The van der Waals surface area contributed by atoms with Crippen LogP contribution in [0, 0.1) is 13.8 Å². The van der Waals surface area contributed by atoms with E-state index in [0.717, 1.165) is 32.5 Å². The standard InChI is InChI=1S/C22H18BrN3O/c1-14-11-15(2)13-16(12-14)20-21(26-10-6-5-9-19(26)24-20)25-22(27)17-7-3-4-8-18(17)23/h3-13H,1-2H3,(H,25,27). The minimum atomic E-state index is -0.182. The van der Waals surface area contributed by atoms with Gasteiger partial charge < -0.3 is 5.32 Å². The van der Waals surface area contributed by atoms with Gasteiger partial charge in [-0.3, -0.25) is 9.20 Å². The fourth-order valence-corrected chi connectivity index (χ4v) is 3.71. The molecule has 0 saturated carbocycles. The first-order chi connectivity index (χ1) is 13.0. The maximum atomic E-state index is 12.9. The van der Waals surface area contributed by atoms with Crippen molar-refractivity contribution in [1.82, 2.24) is 9.38 Å². The maximum Gasteiger partial charge on any atom is 0.257 e. The molecule has 0 aliphatic heterocycles. The zero-order valence-electron chi connectivity index (χ0n) is 15.0. The molecule has 4 nitrogen and oxygen atoms in total. The number of benzene rings is 2. The van der Waals surface area contributed by atoms with Crippen molar-refractivity contribution in [3.05, 3.63) is 88.0 Å². The lowest BCUT2D eigenvalue weighted by Crippen LogP contribution is -2.14. The second-order valence-corrected chi connectivity index (χ2v) is 7.40. The van der Waals surface area contributed by atoms with Gasteiger partial charge in [0.1, 0.15) is 17.2 Å². The van der Waals surface area contributed by atoms with E-state index in [4.69, 9.17) is 4.98 Å². The molecule has 0 radical (unpaired) electrons. The van der Waals surface area contributed by atoms with Gasteiger partial charge in [0, 0.05) is 16.2 Å². The lowest BCUT2D eigenvalue weighted by atomic mass is 10.0. The molecule has 5 heteroatoms. The Kier molecular flexibility index (Phi) is 4.54. The van der Waals surface area contributed by atoms with E-state index in [2.05, 4.69) is 53.3 Å². The van der Waals surface area contributed by atoms with Crippen LogP contribution in [-0.2, 0) is 0 Å². The van der Waals surface area contributed by atoms with Crippen molar-refractivity contribution in [3.63, 3.8) is 0 Å². The number of hydrogen-bond donors (Lipinski definition) is 1. The molecular formula is C22H18BrN3O. The number of hydrogen-bond acceptors (Lipinski definition) is 2. The second kappa shape index (κ2) is 7.00. The summed E-state index contributed by atoms with van der Waals surface area (Å²) in [4.78, 5) is 17.7. The topological polar surface area (TPSA) is 46.4 Å². The van der Waals surface area contributed by atoms with Gasteiger partial charge >= 0.3 is 0 Å². The zero-order chi connectivity index (χ0) is 19.0. The maximum absolute atomic E-state index is 12.9. The Labute approximate surface area is 166 Å². The quantitative estimate of drug-likeness (QED) is 0.467. The van der Waals surface area contributed by atoms with Crippen molar-refractivity contribution >= 4 is 33.3 Å². The van der Waals surface area contributed by atoms with Gasteiger partial charge in [-0.1, -0.05) is 35.4 Å². The molecule has 1 amide bonds. The molecule has 0 bridgehead atoms. The average molecular weight is 420 g/mol. The molecule has 2 aromatic heterocycles. The highest BCUT2D eigenvalue weighted by Crippen LogP contribution is 2.31. The van der Waals surface area contributed by atoms with Crippen molar-refractivity contribution in [1.29, 1.82) is 0 Å². The van der Waals surface area contributed by atoms with E-state index in [0.29, 0.717) is 11.4 Å². The number of pyridine rings is 1. The number of nitrogens with one attached hydrogen (secondary N) is 1. The third-order valence-electron chi connectivity index (χ3n) is 4.38. The highest BCUT2D eigenvalue weighted by molar-refractivity contribution is 9.10. The number of imidazole rings is 1. The van der Waals surface area contributed by atoms with Gasteiger partial charge in [-0.15, -0.1) is 0 Å². The summed E-state index contributed by atoms with van der Waals surface area (Å²) in [6, 6.07) is 19.5. The van der Waals surface area contributed by atoms with Crippen LogP contribution in [0.2, 0.25) is 0 Å². The van der Waals surface area contributed by atoms with Crippen LogP contribution in [0.1, 0.15) is 21.5 Å². The second-order valence-electron chi connectivity index (χ2n) is 6.55. The van der Waals surface area contributed by atoms with Crippen LogP contribution in [0.5, 0.6) is 0 Å². The number of nitrogens with zero attached hydrogens (tertiary/aromatic N) is 2. The van der Waals surface area contributed by atoms with Crippen molar-refractivity contribution in [3.8, 4) is 11.3 Å². The van der Waals surface area contributed by atoms with Crippen molar-refractivity contribution < 1.29 is 4.79 Å². The molecule has 0 fully saturated rings. The summed E-state index contributed by atoms with van der Waals surface area (Å²) in [7, 11) is 0. The van der Waals surface area contributed by atoms with E-state index in [1.165, 1.54) is 0 Å². The number of aromatic nitrogens is 2. The molecular weight excluding hydrogens is 402 g/mol. The third-order valence-corrected chi connectivity index (χ3v) is 5.07. The number of carbonyl (C=O) groups is 1. The molecule has 4 aromatic rings. The van der Waals surface area contributed by atoms with Gasteiger partial charge in [0.2, 0.25) is 0 Å². The van der Waals surface area contributed by atoms with Gasteiger partial charge in [0.25, 0.3) is 5.91 Å². The summed E-state index contributed by atoms with van der Waals surface area (Å²) in [5.74, 6) is 0.482. The monoisotopic (exact) mass is 419 g/mol. The van der Waals surface area contributed by atoms with Gasteiger partial charge in [-0.05, 0) is 66.2 Å². The molecule has 0 spiro atoms. The Hall–Kier alpha value is -2.92. The molecule has 134 valence electrons. The first kappa shape index (κ1) is 17.5. The lowest BCUT2D eigenvalue weighted by Gasteiger charge is -2.10. The van der Waals surface area contributed by atoms with Crippen molar-refractivity contribution in [2.75, 3.05) is 5.32 Å². The minimum Gasteiger partial charge on any atom is -0.306 e. The lowest BCUT2D eigenvalue weighted by molar-refractivity contribution is 0.102. The highest BCUT2D eigenvalue weighted by Gasteiger charge is 2.18. The van der Waals surface area contributed by atoms with Gasteiger partial charge in [-0.2, -0.15) is 0 Å². The summed E-state index contributed by atoms with van der Waals surface area (Å²) < 4.78 is 2.66. The molecule has 1 N–H and O–H groups in total. The number of aryl methyl sites for hydroxylation is 2. The minimum absolute atomic E-state index is 0.182. The predicted molar refractivity (Wildman–Crippen MR) is 112 cm³/mol. The van der Waals surface area contributed by atoms with Crippen molar-refractivity contribution in [2.24, 2.45) is 0 Å². The number of halogens is 1. The highest BCUT2D eigenvalue weighted by atomic mass is 79.9. The third kappa shape index (κ3) is 3.38. The van der Waals surface area contributed by atoms with Crippen LogP contribution in [-0.4, -0.2) is 15.3 Å². The molecule has 4 rings (SSSR count). The average Bonchev–Trinajstić information content (AvgIpc) is 3.00. The molecule has 2 aromatic carbocycles. The Morgan fingerprint density at radius 2 is 1.70 bits per heavy atom. The molecule has 0 saturated heterocycles. The van der Waals surface area contributed by atoms with Crippen LogP contribution in [0.3, 0.4) is 0 Å². The fraction of sp³-hybridized carbons (Fsp3) is 0.0909. The van der Waals surface area contributed by atoms with Crippen LogP contribution in [0.4, 0.5) is 5.82 Å². The van der Waals surface area contributed by atoms with Gasteiger partial charge in [0.05, 0.1) is 5.56 Å². The summed E-state index contributed by atoms with van der Waals surface area (Å²) in [5.41, 5.74) is 5.42. The number of anilines is 1. The van der Waals surface area contributed by atoms with E-state index in [1.807, 2.05) is 47.0 Å². The molecule has 2 heterocycles. The first-order valence-electron chi connectivity index (χ1n) is 8.64.